The normalized spacial score (nSPS) is 35.5. The van der Waals surface area contributed by atoms with Crippen molar-refractivity contribution in [3.63, 3.8) is 0 Å². The van der Waals surface area contributed by atoms with Gasteiger partial charge in [-0.1, -0.05) is 11.3 Å². The van der Waals surface area contributed by atoms with Crippen molar-refractivity contribution in [2.75, 3.05) is 24.7 Å². The Morgan fingerprint density at radius 3 is 2.18 bits per heavy atom. The van der Waals surface area contributed by atoms with E-state index in [9.17, 15) is 0 Å². The summed E-state index contributed by atoms with van der Waals surface area (Å²) in [6.45, 7) is 0. The largest absolute Gasteiger partial charge is 0.355 e. The van der Waals surface area contributed by atoms with Crippen molar-refractivity contribution < 1.29 is 0 Å². The van der Waals surface area contributed by atoms with Crippen LogP contribution in [0.25, 0.3) is 0 Å². The number of hydrogen-bond donors (Lipinski definition) is 2. The molecule has 0 aliphatic heterocycles. The molecule has 120 valence electrons. The van der Waals surface area contributed by atoms with Crippen LogP contribution in [0.1, 0.15) is 38.5 Å². The molecular weight excluding hydrogens is 314 g/mol. The molecule has 0 amide bonds. The lowest BCUT2D eigenvalue weighted by molar-refractivity contribution is 0.0107. The van der Waals surface area contributed by atoms with Crippen LogP contribution in [0.15, 0.2) is 0 Å². The van der Waals surface area contributed by atoms with E-state index in [-0.39, 0.29) is 5.54 Å². The van der Waals surface area contributed by atoms with Crippen molar-refractivity contribution in [1.82, 2.24) is 15.1 Å². The van der Waals surface area contributed by atoms with Crippen LogP contribution < -0.4 is 10.6 Å². The lowest BCUT2D eigenvalue weighted by Crippen LogP contribution is -2.54. The van der Waals surface area contributed by atoms with Crippen LogP contribution in [0.2, 0.25) is 0 Å². The molecule has 4 fully saturated rings. The van der Waals surface area contributed by atoms with Crippen molar-refractivity contribution in [3.8, 4) is 0 Å². The van der Waals surface area contributed by atoms with Crippen LogP contribution in [-0.4, -0.2) is 39.8 Å². The topological polar surface area (TPSA) is 53.1 Å². The molecule has 0 saturated heterocycles. The Kier molecular flexibility index (Phi) is 3.52. The number of thiocarbonyl (C=S) groups is 1. The van der Waals surface area contributed by atoms with Crippen LogP contribution in [-0.2, 0) is 0 Å². The van der Waals surface area contributed by atoms with Crippen LogP contribution in [0.4, 0.5) is 10.3 Å². The van der Waals surface area contributed by atoms with E-state index in [1.54, 1.807) is 11.3 Å². The molecule has 5 rings (SSSR count). The summed E-state index contributed by atoms with van der Waals surface area (Å²) < 4.78 is 0. The van der Waals surface area contributed by atoms with Crippen LogP contribution in [0.5, 0.6) is 0 Å². The Morgan fingerprint density at radius 2 is 1.64 bits per heavy atom. The standard InChI is InChI=1S/C15H23N5S2/c1-20(2)14(21)16-12-18-19-13(22-12)17-15-6-9-3-10(7-15)5-11(4-9)8-15/h9-11H,3-8H2,1-2H3,(H,17,19)(H,16,18,21). The molecule has 1 aromatic rings. The molecule has 0 radical (unpaired) electrons. The zero-order chi connectivity index (χ0) is 15.3. The summed E-state index contributed by atoms with van der Waals surface area (Å²) in [5.74, 6) is 2.81. The quantitative estimate of drug-likeness (QED) is 0.826. The second kappa shape index (κ2) is 5.30. The van der Waals surface area contributed by atoms with E-state index in [1.807, 2.05) is 19.0 Å². The third kappa shape index (κ3) is 2.69. The molecule has 0 spiro atoms. The fraction of sp³-hybridized carbons (Fsp3) is 0.800. The van der Waals surface area contributed by atoms with Gasteiger partial charge in [-0.3, -0.25) is 0 Å². The van der Waals surface area contributed by atoms with Crippen molar-refractivity contribution in [1.29, 1.82) is 0 Å². The molecular formula is C15H23N5S2. The summed E-state index contributed by atoms with van der Waals surface area (Å²) in [5.41, 5.74) is 0.285. The monoisotopic (exact) mass is 337 g/mol. The van der Waals surface area contributed by atoms with Crippen molar-refractivity contribution in [2.45, 2.75) is 44.1 Å². The van der Waals surface area contributed by atoms with Gasteiger partial charge < -0.3 is 15.5 Å². The van der Waals surface area contributed by atoms with E-state index in [0.717, 1.165) is 28.0 Å². The minimum atomic E-state index is 0.285. The first kappa shape index (κ1) is 14.6. The lowest BCUT2D eigenvalue weighted by atomic mass is 9.53. The zero-order valence-electron chi connectivity index (χ0n) is 13.1. The minimum Gasteiger partial charge on any atom is -0.355 e. The maximum atomic E-state index is 5.25. The number of anilines is 2. The fourth-order valence-electron chi connectivity index (χ4n) is 5.02. The highest BCUT2D eigenvalue weighted by Crippen LogP contribution is 2.56. The molecule has 5 nitrogen and oxygen atoms in total. The molecule has 0 aromatic carbocycles. The van der Waals surface area contributed by atoms with Gasteiger partial charge in [0, 0.05) is 19.6 Å². The van der Waals surface area contributed by atoms with E-state index in [1.165, 1.54) is 38.5 Å². The molecule has 4 aliphatic carbocycles. The van der Waals surface area contributed by atoms with Gasteiger partial charge in [0.2, 0.25) is 10.3 Å². The van der Waals surface area contributed by atoms with Crippen molar-refractivity contribution >= 4 is 38.9 Å². The van der Waals surface area contributed by atoms with Crippen LogP contribution in [0, 0.1) is 17.8 Å². The number of nitrogens with zero attached hydrogens (tertiary/aromatic N) is 3. The average Bonchev–Trinajstić information content (AvgIpc) is 2.83. The van der Waals surface area contributed by atoms with Crippen molar-refractivity contribution in [3.05, 3.63) is 0 Å². The summed E-state index contributed by atoms with van der Waals surface area (Å²) in [5, 5.41) is 17.8. The Morgan fingerprint density at radius 1 is 1.09 bits per heavy atom. The predicted molar refractivity (Wildman–Crippen MR) is 94.3 cm³/mol. The molecule has 4 saturated carbocycles. The lowest BCUT2D eigenvalue weighted by Gasteiger charge is -2.56. The Balaban J connectivity index is 1.45. The number of hydrogen-bond acceptors (Lipinski definition) is 5. The maximum absolute atomic E-state index is 5.25. The molecule has 1 aromatic heterocycles. The molecule has 7 heteroatoms. The number of rotatable bonds is 3. The molecule has 0 atom stereocenters. The third-order valence-electron chi connectivity index (χ3n) is 5.46. The van der Waals surface area contributed by atoms with Gasteiger partial charge in [0.1, 0.15) is 0 Å². The van der Waals surface area contributed by atoms with Crippen molar-refractivity contribution in [2.24, 2.45) is 17.8 Å². The van der Waals surface area contributed by atoms with E-state index in [0.29, 0.717) is 5.11 Å². The molecule has 4 aliphatic rings. The summed E-state index contributed by atoms with van der Waals surface area (Å²) in [7, 11) is 3.84. The smallest absolute Gasteiger partial charge is 0.213 e. The third-order valence-corrected chi connectivity index (χ3v) is 6.68. The van der Waals surface area contributed by atoms with Gasteiger partial charge in [0.15, 0.2) is 5.11 Å². The number of nitrogens with one attached hydrogen (secondary N) is 2. The summed E-state index contributed by atoms with van der Waals surface area (Å²) in [6.07, 6.45) is 8.33. The molecule has 22 heavy (non-hydrogen) atoms. The fourth-order valence-corrected chi connectivity index (χ4v) is 5.94. The van der Waals surface area contributed by atoms with Gasteiger partial charge in [-0.2, -0.15) is 0 Å². The zero-order valence-corrected chi connectivity index (χ0v) is 14.8. The van der Waals surface area contributed by atoms with Gasteiger partial charge in [0.25, 0.3) is 0 Å². The first-order chi connectivity index (χ1) is 10.5. The Labute approximate surface area is 140 Å². The highest BCUT2D eigenvalue weighted by molar-refractivity contribution is 7.80. The molecule has 0 unspecified atom stereocenters. The highest BCUT2D eigenvalue weighted by Gasteiger charge is 2.51. The second-order valence-corrected chi connectivity index (χ2v) is 8.92. The first-order valence-corrected chi connectivity index (χ1v) is 9.34. The van der Waals surface area contributed by atoms with Gasteiger partial charge in [-0.15, -0.1) is 10.2 Å². The van der Waals surface area contributed by atoms with Gasteiger partial charge in [0.05, 0.1) is 0 Å². The summed E-state index contributed by atoms with van der Waals surface area (Å²) >= 11 is 6.82. The predicted octanol–water partition coefficient (Wildman–Crippen LogP) is 3.18. The van der Waals surface area contributed by atoms with Crippen LogP contribution >= 0.6 is 23.6 Å². The van der Waals surface area contributed by atoms with E-state index in [2.05, 4.69) is 20.8 Å². The second-order valence-electron chi connectivity index (χ2n) is 7.56. The Bertz CT molecular complexity index is 547. The van der Waals surface area contributed by atoms with E-state index in [4.69, 9.17) is 12.2 Å². The Hall–Kier alpha value is -0.950. The number of aromatic nitrogens is 2. The SMILES string of the molecule is CN(C)C(=S)Nc1nnc(NC23CC4CC(CC(C4)C2)C3)s1. The van der Waals surface area contributed by atoms with E-state index >= 15 is 0 Å². The van der Waals surface area contributed by atoms with E-state index < -0.39 is 0 Å². The average molecular weight is 338 g/mol. The summed E-state index contributed by atoms with van der Waals surface area (Å²) in [6, 6.07) is 0. The molecule has 4 bridgehead atoms. The van der Waals surface area contributed by atoms with Crippen LogP contribution in [0.3, 0.4) is 0 Å². The van der Waals surface area contributed by atoms with Gasteiger partial charge in [-0.05, 0) is 68.5 Å². The molecule has 1 heterocycles. The van der Waals surface area contributed by atoms with Gasteiger partial charge >= 0.3 is 0 Å². The highest BCUT2D eigenvalue weighted by atomic mass is 32.1. The van der Waals surface area contributed by atoms with Gasteiger partial charge in [-0.25, -0.2) is 0 Å². The molecule has 2 N–H and O–H groups in total. The first-order valence-electron chi connectivity index (χ1n) is 8.11. The minimum absolute atomic E-state index is 0.285. The summed E-state index contributed by atoms with van der Waals surface area (Å²) in [4.78, 5) is 1.86. The maximum Gasteiger partial charge on any atom is 0.213 e.